The number of carbonyl (C=O) groups is 2. The molecule has 3 rings (SSSR count). The number of ether oxygens (including phenoxy) is 2. The van der Waals surface area contributed by atoms with Gasteiger partial charge in [0.15, 0.2) is 0 Å². The maximum atomic E-state index is 12.5. The minimum atomic E-state index is -3.57. The van der Waals surface area contributed by atoms with Gasteiger partial charge in [-0.05, 0) is 29.8 Å². The summed E-state index contributed by atoms with van der Waals surface area (Å²) in [5, 5.41) is 0. The Morgan fingerprint density at radius 2 is 1.90 bits per heavy atom. The van der Waals surface area contributed by atoms with Crippen LogP contribution in [0, 0.1) is 5.92 Å². The van der Waals surface area contributed by atoms with Crippen LogP contribution in [0.1, 0.15) is 12.0 Å². The highest BCUT2D eigenvalue weighted by Gasteiger charge is 2.36. The molecule has 1 aliphatic heterocycles. The van der Waals surface area contributed by atoms with E-state index in [4.69, 9.17) is 9.47 Å². The third-order valence-electron chi connectivity index (χ3n) is 4.88. The highest BCUT2D eigenvalue weighted by molar-refractivity contribution is 7.89. The molecule has 1 heterocycles. The van der Waals surface area contributed by atoms with Gasteiger partial charge in [0.1, 0.15) is 12.4 Å². The van der Waals surface area contributed by atoms with Gasteiger partial charge in [-0.2, -0.15) is 0 Å². The molecular formula is C21H24N2O6S. The molecule has 9 heteroatoms. The molecule has 1 unspecified atom stereocenters. The molecule has 0 aromatic heterocycles. The van der Waals surface area contributed by atoms with E-state index in [0.29, 0.717) is 17.0 Å². The van der Waals surface area contributed by atoms with Crippen LogP contribution in [0.15, 0.2) is 53.4 Å². The van der Waals surface area contributed by atoms with Gasteiger partial charge >= 0.3 is 5.97 Å². The van der Waals surface area contributed by atoms with Gasteiger partial charge in [0.25, 0.3) is 0 Å². The van der Waals surface area contributed by atoms with Crippen LogP contribution in [0.2, 0.25) is 0 Å². The Morgan fingerprint density at radius 1 is 1.17 bits per heavy atom. The van der Waals surface area contributed by atoms with Crippen LogP contribution in [0.3, 0.4) is 0 Å². The monoisotopic (exact) mass is 432 g/mol. The van der Waals surface area contributed by atoms with E-state index in [9.17, 15) is 18.0 Å². The van der Waals surface area contributed by atoms with Gasteiger partial charge in [0.2, 0.25) is 15.9 Å². The van der Waals surface area contributed by atoms with Crippen molar-refractivity contribution in [2.45, 2.75) is 17.9 Å². The van der Waals surface area contributed by atoms with E-state index in [1.165, 1.54) is 26.2 Å². The van der Waals surface area contributed by atoms with Crippen LogP contribution >= 0.6 is 0 Å². The predicted molar refractivity (Wildman–Crippen MR) is 111 cm³/mol. The van der Waals surface area contributed by atoms with E-state index >= 15 is 0 Å². The number of anilines is 1. The molecule has 0 spiro atoms. The van der Waals surface area contributed by atoms with Crippen LogP contribution in [-0.4, -0.2) is 52.3 Å². The molecule has 8 nitrogen and oxygen atoms in total. The molecule has 1 aliphatic rings. The van der Waals surface area contributed by atoms with Gasteiger partial charge in [-0.15, -0.1) is 0 Å². The maximum absolute atomic E-state index is 12.5. The molecule has 1 atom stereocenters. The quantitative estimate of drug-likeness (QED) is 0.622. The summed E-state index contributed by atoms with van der Waals surface area (Å²) in [7, 11) is 0.875. The lowest BCUT2D eigenvalue weighted by molar-refractivity contribution is -0.149. The van der Waals surface area contributed by atoms with Crippen molar-refractivity contribution in [2.24, 2.45) is 5.92 Å². The van der Waals surface area contributed by atoms with Gasteiger partial charge < -0.3 is 14.4 Å². The van der Waals surface area contributed by atoms with E-state index in [-0.39, 0.29) is 30.4 Å². The summed E-state index contributed by atoms with van der Waals surface area (Å²) in [4.78, 5) is 26.6. The van der Waals surface area contributed by atoms with Gasteiger partial charge in [-0.1, -0.05) is 18.2 Å². The fourth-order valence-corrected chi connectivity index (χ4v) is 4.14. The second-order valence-electron chi connectivity index (χ2n) is 7.15. The van der Waals surface area contributed by atoms with E-state index in [1.807, 2.05) is 0 Å². The van der Waals surface area contributed by atoms with Crippen molar-refractivity contribution in [3.8, 4) is 5.75 Å². The van der Waals surface area contributed by atoms with E-state index < -0.39 is 21.9 Å². The summed E-state index contributed by atoms with van der Waals surface area (Å²) < 4.78 is 36.2. The van der Waals surface area contributed by atoms with Crippen molar-refractivity contribution in [2.75, 3.05) is 32.6 Å². The zero-order valence-corrected chi connectivity index (χ0v) is 17.9. The van der Waals surface area contributed by atoms with E-state index in [1.54, 1.807) is 48.4 Å². The standard InChI is InChI=1S/C21H24N2O6S/c1-22(2)30(26,27)19-9-4-6-15(10-19)14-29-21(25)16-11-20(24)23(13-16)17-7-5-8-18(12-17)28-3/h4-10,12,16H,11,13-14H2,1-3H3. The van der Waals surface area contributed by atoms with Gasteiger partial charge in [0.05, 0.1) is 17.9 Å². The van der Waals surface area contributed by atoms with Crippen molar-refractivity contribution >= 4 is 27.6 Å². The van der Waals surface area contributed by atoms with Crippen LogP contribution in [0.25, 0.3) is 0 Å². The summed E-state index contributed by atoms with van der Waals surface area (Å²) in [6.45, 7) is 0.152. The largest absolute Gasteiger partial charge is 0.497 e. The van der Waals surface area contributed by atoms with Gasteiger partial charge in [0, 0.05) is 38.8 Å². The van der Waals surface area contributed by atoms with Crippen molar-refractivity contribution in [3.63, 3.8) is 0 Å². The first-order valence-corrected chi connectivity index (χ1v) is 10.8. The Hall–Kier alpha value is -2.91. The Morgan fingerprint density at radius 3 is 2.60 bits per heavy atom. The zero-order chi connectivity index (χ0) is 21.9. The Labute approximate surface area is 176 Å². The predicted octanol–water partition coefficient (Wildman–Crippen LogP) is 2.04. The molecule has 0 radical (unpaired) electrons. The van der Waals surface area contributed by atoms with Gasteiger partial charge in [-0.25, -0.2) is 12.7 Å². The summed E-state index contributed by atoms with van der Waals surface area (Å²) in [6, 6.07) is 13.3. The summed E-state index contributed by atoms with van der Waals surface area (Å²) in [6.07, 6.45) is 0.0606. The fraction of sp³-hybridized carbons (Fsp3) is 0.333. The van der Waals surface area contributed by atoms with Crippen molar-refractivity contribution in [3.05, 3.63) is 54.1 Å². The fourth-order valence-electron chi connectivity index (χ4n) is 3.17. The van der Waals surface area contributed by atoms with Crippen molar-refractivity contribution in [1.82, 2.24) is 4.31 Å². The average Bonchev–Trinajstić information content (AvgIpc) is 3.14. The number of sulfonamides is 1. The molecule has 160 valence electrons. The molecule has 1 amide bonds. The van der Waals surface area contributed by atoms with Crippen molar-refractivity contribution in [1.29, 1.82) is 0 Å². The lowest BCUT2D eigenvalue weighted by Crippen LogP contribution is -2.26. The minimum Gasteiger partial charge on any atom is -0.497 e. The van der Waals surface area contributed by atoms with Crippen LogP contribution in [0.5, 0.6) is 5.75 Å². The molecule has 0 aliphatic carbocycles. The molecule has 2 aromatic rings. The molecule has 30 heavy (non-hydrogen) atoms. The summed E-state index contributed by atoms with van der Waals surface area (Å²) in [5.41, 5.74) is 1.22. The van der Waals surface area contributed by atoms with E-state index in [0.717, 1.165) is 4.31 Å². The first kappa shape index (κ1) is 21.8. The number of rotatable bonds is 7. The van der Waals surface area contributed by atoms with Crippen LogP contribution in [-0.2, 0) is 31.0 Å². The molecule has 0 bridgehead atoms. The molecule has 1 saturated heterocycles. The third kappa shape index (κ3) is 4.63. The number of carbonyl (C=O) groups excluding carboxylic acids is 2. The van der Waals surface area contributed by atoms with E-state index in [2.05, 4.69) is 0 Å². The highest BCUT2D eigenvalue weighted by Crippen LogP contribution is 2.28. The normalized spacial score (nSPS) is 16.7. The molecular weight excluding hydrogens is 408 g/mol. The lowest BCUT2D eigenvalue weighted by atomic mass is 10.1. The summed E-state index contributed by atoms with van der Waals surface area (Å²) >= 11 is 0. The number of hydrogen-bond acceptors (Lipinski definition) is 6. The SMILES string of the molecule is COc1cccc(N2CC(C(=O)OCc3cccc(S(=O)(=O)N(C)C)c3)CC2=O)c1. The molecule has 0 saturated carbocycles. The van der Waals surface area contributed by atoms with Crippen molar-refractivity contribution < 1.29 is 27.5 Å². The Balaban J connectivity index is 1.64. The number of esters is 1. The smallest absolute Gasteiger partial charge is 0.311 e. The van der Waals surface area contributed by atoms with Gasteiger partial charge in [-0.3, -0.25) is 9.59 Å². The average molecular weight is 432 g/mol. The van der Waals surface area contributed by atoms with Crippen LogP contribution < -0.4 is 9.64 Å². The lowest BCUT2D eigenvalue weighted by Gasteiger charge is -2.17. The molecule has 2 aromatic carbocycles. The first-order chi connectivity index (χ1) is 14.2. The Kier molecular flexibility index (Phi) is 6.42. The Bertz CT molecular complexity index is 1050. The second kappa shape index (κ2) is 8.85. The van der Waals surface area contributed by atoms with Crippen LogP contribution in [0.4, 0.5) is 5.69 Å². The topological polar surface area (TPSA) is 93.2 Å². The zero-order valence-electron chi connectivity index (χ0n) is 17.1. The minimum absolute atomic E-state index is 0.0606. The maximum Gasteiger partial charge on any atom is 0.311 e. The number of amides is 1. The molecule has 1 fully saturated rings. The number of hydrogen-bond donors (Lipinski definition) is 0. The second-order valence-corrected chi connectivity index (χ2v) is 9.30. The number of nitrogens with zero attached hydrogens (tertiary/aromatic N) is 2. The third-order valence-corrected chi connectivity index (χ3v) is 6.69. The highest BCUT2D eigenvalue weighted by atomic mass is 32.2. The number of methoxy groups -OCH3 is 1. The first-order valence-electron chi connectivity index (χ1n) is 9.35. The number of benzene rings is 2. The molecule has 0 N–H and O–H groups in total. The summed E-state index contributed by atoms with van der Waals surface area (Å²) in [5.74, 6) is -0.616.